The molecule has 9 heavy (non-hydrogen) atoms. The summed E-state index contributed by atoms with van der Waals surface area (Å²) in [5, 5.41) is 0. The van der Waals surface area contributed by atoms with Crippen LogP contribution in [0.1, 0.15) is 34.1 Å². The zero-order valence-electron chi connectivity index (χ0n) is 7.19. The zero-order valence-corrected chi connectivity index (χ0v) is 7.19. The Labute approximate surface area is 58.4 Å². The molecule has 0 aromatic carbocycles. The van der Waals surface area contributed by atoms with Crippen molar-refractivity contribution >= 4 is 0 Å². The zero-order chi connectivity index (χ0) is 7.49. The van der Waals surface area contributed by atoms with Crippen molar-refractivity contribution in [1.29, 1.82) is 0 Å². The second-order valence-corrected chi connectivity index (χ2v) is 3.81. The Kier molecular flexibility index (Phi) is 3.20. The maximum Gasteiger partial charge on any atom is 0.0548 e. The third-order valence-corrected chi connectivity index (χ3v) is 1.30. The molecule has 0 unspecified atom stereocenters. The molecule has 0 amide bonds. The molecule has 1 nitrogen and oxygen atoms in total. The summed E-state index contributed by atoms with van der Waals surface area (Å²) < 4.78 is 5.13. The van der Waals surface area contributed by atoms with Gasteiger partial charge in [0.1, 0.15) is 0 Å². The van der Waals surface area contributed by atoms with Gasteiger partial charge in [-0.2, -0.15) is 0 Å². The smallest absolute Gasteiger partial charge is 0.0548 e. The van der Waals surface area contributed by atoms with Crippen LogP contribution in [0.3, 0.4) is 0 Å². The van der Waals surface area contributed by atoms with E-state index in [2.05, 4.69) is 27.7 Å². The maximum absolute atomic E-state index is 5.13. The van der Waals surface area contributed by atoms with Crippen LogP contribution in [0.5, 0.6) is 0 Å². The molecule has 1 heteroatoms. The summed E-state index contributed by atoms with van der Waals surface area (Å²) in [5.41, 5.74) is 0.398. The molecule has 0 spiro atoms. The van der Waals surface area contributed by atoms with Gasteiger partial charge in [0.2, 0.25) is 0 Å². The average Bonchev–Trinajstić information content (AvgIpc) is 1.62. The Hall–Kier alpha value is -0.0400. The quantitative estimate of drug-likeness (QED) is 0.558. The fourth-order valence-electron chi connectivity index (χ4n) is 0.946. The maximum atomic E-state index is 5.13. The molecule has 0 rings (SSSR count). The first-order chi connectivity index (χ1) is 3.95. The van der Waals surface area contributed by atoms with E-state index in [1.54, 1.807) is 7.11 Å². The predicted octanol–water partition coefficient (Wildman–Crippen LogP) is 2.46. The number of hydrogen-bond donors (Lipinski definition) is 0. The molecule has 0 saturated heterocycles. The summed E-state index contributed by atoms with van der Waals surface area (Å²) in [6.07, 6.45) is 1.52. The van der Waals surface area contributed by atoms with Crippen LogP contribution >= 0.6 is 0 Å². The highest BCUT2D eigenvalue weighted by Gasteiger charge is 2.13. The number of methoxy groups -OCH3 is 1. The lowest BCUT2D eigenvalue weighted by Crippen LogP contribution is -2.16. The van der Waals surface area contributed by atoms with Gasteiger partial charge in [-0.1, -0.05) is 20.8 Å². The van der Waals surface area contributed by atoms with Crippen LogP contribution in [-0.2, 0) is 4.74 Å². The summed E-state index contributed by atoms with van der Waals surface area (Å²) in [5.74, 6) is 0. The Balaban J connectivity index is 3.47. The van der Waals surface area contributed by atoms with Gasteiger partial charge in [0, 0.05) is 7.11 Å². The Bertz CT molecular complexity index is 71.1. The minimum atomic E-state index is 0.394. The highest BCUT2D eigenvalue weighted by Crippen LogP contribution is 2.21. The first-order valence-corrected chi connectivity index (χ1v) is 3.48. The molecular formula is C8H18O. The van der Waals surface area contributed by atoms with Crippen molar-refractivity contribution < 1.29 is 4.74 Å². The van der Waals surface area contributed by atoms with Crippen molar-refractivity contribution in [3.05, 3.63) is 0 Å². The summed E-state index contributed by atoms with van der Waals surface area (Å²) in [6, 6.07) is 0. The molecule has 0 fully saturated rings. The van der Waals surface area contributed by atoms with Crippen LogP contribution in [0.25, 0.3) is 0 Å². The number of ether oxygens (including phenoxy) is 1. The van der Waals surface area contributed by atoms with E-state index in [9.17, 15) is 0 Å². The van der Waals surface area contributed by atoms with Crippen molar-refractivity contribution in [1.82, 2.24) is 0 Å². The first-order valence-electron chi connectivity index (χ1n) is 3.48. The van der Waals surface area contributed by atoms with Crippen molar-refractivity contribution in [3.63, 3.8) is 0 Å². The summed E-state index contributed by atoms with van der Waals surface area (Å²) >= 11 is 0. The number of hydrogen-bond acceptors (Lipinski definition) is 1. The monoisotopic (exact) mass is 130 g/mol. The largest absolute Gasteiger partial charge is 0.382 e. The molecule has 56 valence electrons. The molecule has 0 aliphatic rings. The molecular weight excluding hydrogens is 112 g/mol. The topological polar surface area (TPSA) is 9.23 Å². The van der Waals surface area contributed by atoms with Gasteiger partial charge in [-0.3, -0.25) is 0 Å². The normalized spacial score (nSPS) is 15.7. The van der Waals surface area contributed by atoms with Crippen molar-refractivity contribution in [2.75, 3.05) is 7.11 Å². The minimum Gasteiger partial charge on any atom is -0.382 e. The predicted molar refractivity (Wildman–Crippen MR) is 40.5 cm³/mol. The molecule has 0 aliphatic carbocycles. The summed E-state index contributed by atoms with van der Waals surface area (Å²) in [4.78, 5) is 0. The second kappa shape index (κ2) is 3.21. The Morgan fingerprint density at radius 2 is 1.78 bits per heavy atom. The van der Waals surface area contributed by atoms with E-state index < -0.39 is 0 Å². The fourth-order valence-corrected chi connectivity index (χ4v) is 0.946. The highest BCUT2D eigenvalue weighted by atomic mass is 16.5. The van der Waals surface area contributed by atoms with E-state index in [0.717, 1.165) is 6.42 Å². The van der Waals surface area contributed by atoms with E-state index in [1.807, 2.05) is 0 Å². The van der Waals surface area contributed by atoms with Crippen LogP contribution in [0.2, 0.25) is 0 Å². The van der Waals surface area contributed by atoms with Gasteiger partial charge in [-0.25, -0.2) is 0 Å². The van der Waals surface area contributed by atoms with Gasteiger partial charge in [0.15, 0.2) is 0 Å². The van der Waals surface area contributed by atoms with Gasteiger partial charge in [-0.05, 0) is 18.8 Å². The third kappa shape index (κ3) is 5.84. The van der Waals surface area contributed by atoms with E-state index in [0.29, 0.717) is 11.5 Å². The number of rotatable bonds is 2. The van der Waals surface area contributed by atoms with E-state index in [-0.39, 0.29) is 0 Å². The molecule has 0 heterocycles. The molecule has 0 bridgehead atoms. The van der Waals surface area contributed by atoms with E-state index in [4.69, 9.17) is 4.74 Å². The van der Waals surface area contributed by atoms with Crippen LogP contribution in [-0.4, -0.2) is 13.2 Å². The SMILES string of the molecule is CO[C@H](C)CC(C)(C)C. The Morgan fingerprint density at radius 3 is 1.89 bits per heavy atom. The van der Waals surface area contributed by atoms with Crippen molar-refractivity contribution in [2.45, 2.75) is 40.2 Å². The second-order valence-electron chi connectivity index (χ2n) is 3.81. The molecule has 0 N–H and O–H groups in total. The summed E-state index contributed by atoms with van der Waals surface area (Å²) in [7, 11) is 1.76. The fraction of sp³-hybridized carbons (Fsp3) is 1.00. The van der Waals surface area contributed by atoms with Gasteiger partial charge < -0.3 is 4.74 Å². The van der Waals surface area contributed by atoms with Crippen molar-refractivity contribution in [3.8, 4) is 0 Å². The third-order valence-electron chi connectivity index (χ3n) is 1.30. The molecule has 0 radical (unpaired) electrons. The Morgan fingerprint density at radius 1 is 1.33 bits per heavy atom. The first kappa shape index (κ1) is 8.96. The molecule has 0 aromatic rings. The molecule has 0 saturated carbocycles. The summed E-state index contributed by atoms with van der Waals surface area (Å²) in [6.45, 7) is 8.78. The standard InChI is InChI=1S/C8H18O/c1-7(9-5)6-8(2,3)4/h7H,6H2,1-5H3/t7-/m1/s1. The van der Waals surface area contributed by atoms with Gasteiger partial charge in [-0.15, -0.1) is 0 Å². The lowest BCUT2D eigenvalue weighted by molar-refractivity contribution is 0.0806. The molecule has 0 aromatic heterocycles. The van der Waals surface area contributed by atoms with Crippen LogP contribution in [0, 0.1) is 5.41 Å². The van der Waals surface area contributed by atoms with Gasteiger partial charge in [0.05, 0.1) is 6.10 Å². The van der Waals surface area contributed by atoms with Crippen molar-refractivity contribution in [2.24, 2.45) is 5.41 Å². The minimum absolute atomic E-state index is 0.394. The van der Waals surface area contributed by atoms with Gasteiger partial charge in [0.25, 0.3) is 0 Å². The lowest BCUT2D eigenvalue weighted by atomic mass is 9.90. The van der Waals surface area contributed by atoms with Crippen LogP contribution in [0.15, 0.2) is 0 Å². The highest BCUT2D eigenvalue weighted by molar-refractivity contribution is 4.65. The van der Waals surface area contributed by atoms with Gasteiger partial charge >= 0.3 is 0 Å². The molecule has 0 aliphatic heterocycles. The van der Waals surface area contributed by atoms with Crippen LogP contribution < -0.4 is 0 Å². The average molecular weight is 130 g/mol. The molecule has 1 atom stereocenters. The van der Waals surface area contributed by atoms with Crippen LogP contribution in [0.4, 0.5) is 0 Å². The lowest BCUT2D eigenvalue weighted by Gasteiger charge is -2.21. The van der Waals surface area contributed by atoms with E-state index >= 15 is 0 Å². The van der Waals surface area contributed by atoms with E-state index in [1.165, 1.54) is 0 Å².